The van der Waals surface area contributed by atoms with Crippen LogP contribution in [-0.4, -0.2) is 24.3 Å². The number of aromatic nitrogens is 1. The summed E-state index contributed by atoms with van der Waals surface area (Å²) in [6, 6.07) is 1.84. The maximum atomic E-state index is 5.54. The van der Waals surface area contributed by atoms with Crippen LogP contribution in [0.15, 0.2) is 18.5 Å². The van der Waals surface area contributed by atoms with Gasteiger partial charge in [0.05, 0.1) is 31.6 Å². The van der Waals surface area contributed by atoms with Gasteiger partial charge in [-0.3, -0.25) is 16.3 Å². The second-order valence-electron chi connectivity index (χ2n) is 3.99. The molecule has 0 aromatic carbocycles. The first-order chi connectivity index (χ1) is 8.17. The minimum absolute atomic E-state index is 0.0784. The average molecular weight is 239 g/mol. The van der Waals surface area contributed by atoms with Crippen LogP contribution < -0.4 is 16.0 Å². The van der Waals surface area contributed by atoms with Gasteiger partial charge in [0, 0.05) is 6.20 Å². The number of nitrogens with two attached hydrogens (primary N) is 1. The molecule has 0 aliphatic heterocycles. The molecule has 1 aromatic rings. The van der Waals surface area contributed by atoms with Gasteiger partial charge in [-0.1, -0.05) is 0 Å². The number of ether oxygens (including phenoxy) is 2. The molecule has 0 bridgehead atoms. The van der Waals surface area contributed by atoms with Crippen LogP contribution in [0.4, 0.5) is 0 Å². The summed E-state index contributed by atoms with van der Waals surface area (Å²) in [6.45, 7) is 7.04. The Morgan fingerprint density at radius 1 is 1.41 bits per heavy atom. The molecule has 0 radical (unpaired) electrons. The van der Waals surface area contributed by atoms with Gasteiger partial charge in [0.15, 0.2) is 0 Å². The largest absolute Gasteiger partial charge is 0.492 e. The minimum Gasteiger partial charge on any atom is -0.492 e. The van der Waals surface area contributed by atoms with Gasteiger partial charge in [0.2, 0.25) is 0 Å². The third-order valence-corrected chi connectivity index (χ3v) is 2.25. The van der Waals surface area contributed by atoms with E-state index in [1.54, 1.807) is 12.4 Å². The molecule has 0 fully saturated rings. The Labute approximate surface area is 102 Å². The van der Waals surface area contributed by atoms with Crippen molar-refractivity contribution in [1.82, 2.24) is 10.4 Å². The van der Waals surface area contributed by atoms with E-state index in [-0.39, 0.29) is 12.1 Å². The monoisotopic (exact) mass is 239 g/mol. The zero-order valence-corrected chi connectivity index (χ0v) is 10.6. The first kappa shape index (κ1) is 13.9. The van der Waals surface area contributed by atoms with E-state index in [0.29, 0.717) is 13.2 Å². The number of hydrogen-bond donors (Lipinski definition) is 2. The normalized spacial score (nSPS) is 12.8. The van der Waals surface area contributed by atoms with Crippen molar-refractivity contribution in [2.75, 3.05) is 13.2 Å². The number of pyridine rings is 1. The maximum absolute atomic E-state index is 5.54. The molecule has 5 nitrogen and oxygen atoms in total. The number of hydrogen-bond acceptors (Lipinski definition) is 5. The lowest BCUT2D eigenvalue weighted by atomic mass is 10.1. The third kappa shape index (κ3) is 4.68. The summed E-state index contributed by atoms with van der Waals surface area (Å²) in [6.07, 6.45) is 3.62. The van der Waals surface area contributed by atoms with E-state index in [0.717, 1.165) is 11.3 Å². The van der Waals surface area contributed by atoms with Crippen molar-refractivity contribution < 1.29 is 9.47 Å². The Morgan fingerprint density at radius 2 is 2.18 bits per heavy atom. The Hall–Kier alpha value is -1.17. The van der Waals surface area contributed by atoms with Crippen molar-refractivity contribution >= 4 is 0 Å². The fraction of sp³-hybridized carbons (Fsp3) is 0.583. The number of nitrogens with zero attached hydrogens (tertiary/aromatic N) is 1. The molecule has 1 unspecified atom stereocenters. The highest BCUT2D eigenvalue weighted by Crippen LogP contribution is 2.18. The molecule has 96 valence electrons. The van der Waals surface area contributed by atoms with Gasteiger partial charge in [0.25, 0.3) is 0 Å². The van der Waals surface area contributed by atoms with Crippen LogP contribution in [0, 0.1) is 0 Å². The lowest BCUT2D eigenvalue weighted by molar-refractivity contribution is 0.0610. The van der Waals surface area contributed by atoms with Crippen molar-refractivity contribution in [2.24, 2.45) is 5.84 Å². The highest BCUT2D eigenvalue weighted by atomic mass is 16.5. The van der Waals surface area contributed by atoms with Crippen molar-refractivity contribution in [3.63, 3.8) is 0 Å². The molecule has 1 rings (SSSR count). The fourth-order valence-corrected chi connectivity index (χ4v) is 1.40. The van der Waals surface area contributed by atoms with Gasteiger partial charge in [-0.05, 0) is 32.4 Å². The Morgan fingerprint density at radius 3 is 2.76 bits per heavy atom. The summed E-state index contributed by atoms with van der Waals surface area (Å²) in [5, 5.41) is 0. The minimum atomic E-state index is -0.0784. The summed E-state index contributed by atoms with van der Waals surface area (Å²) in [5.41, 5.74) is 3.68. The molecule has 0 saturated heterocycles. The predicted molar refractivity (Wildman–Crippen MR) is 66.6 cm³/mol. The van der Waals surface area contributed by atoms with Crippen molar-refractivity contribution in [3.8, 4) is 5.75 Å². The highest BCUT2D eigenvalue weighted by Gasteiger charge is 2.12. The maximum Gasteiger partial charge on any atom is 0.137 e. The molecule has 17 heavy (non-hydrogen) atoms. The van der Waals surface area contributed by atoms with Crippen molar-refractivity contribution in [1.29, 1.82) is 0 Å². The number of hydrazine groups is 1. The number of nitrogens with one attached hydrogen (secondary N) is 1. The van der Waals surface area contributed by atoms with E-state index >= 15 is 0 Å². The lowest BCUT2D eigenvalue weighted by Crippen LogP contribution is -2.32. The molecule has 0 aliphatic rings. The first-order valence-corrected chi connectivity index (χ1v) is 5.82. The van der Waals surface area contributed by atoms with E-state index < -0.39 is 0 Å². The lowest BCUT2D eigenvalue weighted by Gasteiger charge is -2.18. The van der Waals surface area contributed by atoms with Crippen molar-refractivity contribution in [3.05, 3.63) is 24.0 Å². The molecule has 0 saturated carbocycles. The van der Waals surface area contributed by atoms with Gasteiger partial charge < -0.3 is 9.47 Å². The molecule has 0 spiro atoms. The second kappa shape index (κ2) is 7.21. The molecule has 1 heterocycles. The average Bonchev–Trinajstić information content (AvgIpc) is 2.30. The fourth-order valence-electron chi connectivity index (χ4n) is 1.40. The summed E-state index contributed by atoms with van der Waals surface area (Å²) in [5.74, 6) is 6.26. The highest BCUT2D eigenvalue weighted by molar-refractivity contribution is 5.26. The zero-order chi connectivity index (χ0) is 12.7. The standard InChI is InChI=1S/C12H21N3O2/c1-4-16-11-5-10(6-14-7-11)12(15-13)8-17-9(2)3/h5-7,9,12,15H,4,8,13H2,1-3H3. The van der Waals surface area contributed by atoms with Gasteiger partial charge in [0.1, 0.15) is 5.75 Å². The van der Waals surface area contributed by atoms with E-state index in [1.807, 2.05) is 26.8 Å². The molecule has 0 amide bonds. The van der Waals surface area contributed by atoms with Crippen LogP contribution >= 0.6 is 0 Å². The molecule has 1 aromatic heterocycles. The second-order valence-corrected chi connectivity index (χ2v) is 3.99. The van der Waals surface area contributed by atoms with E-state index in [1.165, 1.54) is 0 Å². The van der Waals surface area contributed by atoms with E-state index in [4.69, 9.17) is 15.3 Å². The van der Waals surface area contributed by atoms with Gasteiger partial charge in [-0.25, -0.2) is 0 Å². The van der Waals surface area contributed by atoms with Gasteiger partial charge >= 0.3 is 0 Å². The Kier molecular flexibility index (Phi) is 5.90. The summed E-state index contributed by atoms with van der Waals surface area (Å²) in [7, 11) is 0. The Balaban J connectivity index is 2.69. The summed E-state index contributed by atoms with van der Waals surface area (Å²) in [4.78, 5) is 4.12. The smallest absolute Gasteiger partial charge is 0.137 e. The van der Waals surface area contributed by atoms with Crippen LogP contribution in [0.25, 0.3) is 0 Å². The van der Waals surface area contributed by atoms with E-state index in [2.05, 4.69) is 10.4 Å². The molecule has 1 atom stereocenters. The molecular weight excluding hydrogens is 218 g/mol. The molecule has 3 N–H and O–H groups in total. The van der Waals surface area contributed by atoms with E-state index in [9.17, 15) is 0 Å². The molecule has 5 heteroatoms. The third-order valence-electron chi connectivity index (χ3n) is 2.25. The number of rotatable bonds is 7. The summed E-state index contributed by atoms with van der Waals surface area (Å²) < 4.78 is 10.9. The molecule has 0 aliphatic carbocycles. The van der Waals surface area contributed by atoms with Crippen LogP contribution in [0.5, 0.6) is 5.75 Å². The van der Waals surface area contributed by atoms with Crippen LogP contribution in [-0.2, 0) is 4.74 Å². The van der Waals surface area contributed by atoms with Crippen LogP contribution in [0.1, 0.15) is 32.4 Å². The van der Waals surface area contributed by atoms with Gasteiger partial charge in [-0.2, -0.15) is 0 Å². The van der Waals surface area contributed by atoms with Gasteiger partial charge in [-0.15, -0.1) is 0 Å². The quantitative estimate of drug-likeness (QED) is 0.556. The van der Waals surface area contributed by atoms with Crippen LogP contribution in [0.2, 0.25) is 0 Å². The topological polar surface area (TPSA) is 69.4 Å². The predicted octanol–water partition coefficient (Wildman–Crippen LogP) is 1.41. The Bertz CT molecular complexity index is 331. The van der Waals surface area contributed by atoms with Crippen LogP contribution in [0.3, 0.4) is 0 Å². The first-order valence-electron chi connectivity index (χ1n) is 5.82. The SMILES string of the molecule is CCOc1cncc(C(COC(C)C)NN)c1. The van der Waals surface area contributed by atoms with Crippen molar-refractivity contribution in [2.45, 2.75) is 32.9 Å². The zero-order valence-electron chi connectivity index (χ0n) is 10.6. The molecular formula is C12H21N3O2. The summed E-state index contributed by atoms with van der Waals surface area (Å²) >= 11 is 0.